The number of β-amino-alcohol motifs (C(OH)–C–C–N with tert-alkyl or cyclic N) is 1. The molecule has 1 saturated heterocycles. The van der Waals surface area contributed by atoms with Crippen LogP contribution in [-0.4, -0.2) is 53.2 Å². The number of hydrogen-bond acceptors (Lipinski definition) is 2. The lowest BCUT2D eigenvalue weighted by molar-refractivity contribution is -0.0854. The summed E-state index contributed by atoms with van der Waals surface area (Å²) in [6.45, 7) is 5.67. The van der Waals surface area contributed by atoms with Crippen LogP contribution in [0.2, 0.25) is 0 Å². The van der Waals surface area contributed by atoms with Gasteiger partial charge in [-0.3, -0.25) is 0 Å². The summed E-state index contributed by atoms with van der Waals surface area (Å²) in [5.41, 5.74) is -0.612. The van der Waals surface area contributed by atoms with E-state index in [1.807, 2.05) is 13.8 Å². The van der Waals surface area contributed by atoms with Gasteiger partial charge in [-0.2, -0.15) is 0 Å². The van der Waals surface area contributed by atoms with Crippen LogP contribution in [0.4, 0.5) is 4.79 Å². The van der Waals surface area contributed by atoms with E-state index in [-0.39, 0.29) is 6.03 Å². The summed E-state index contributed by atoms with van der Waals surface area (Å²) in [5, 5.41) is 9.87. The van der Waals surface area contributed by atoms with Gasteiger partial charge in [0.1, 0.15) is 0 Å². The molecule has 0 aromatic carbocycles. The lowest BCUT2D eigenvalue weighted by Gasteiger charge is -2.47. The first-order valence-electron chi connectivity index (χ1n) is 5.25. The van der Waals surface area contributed by atoms with Crippen molar-refractivity contribution in [2.45, 2.75) is 32.3 Å². The summed E-state index contributed by atoms with van der Waals surface area (Å²) in [6.07, 6.45) is 1.74. The molecular formula is C10H20N2O2. The van der Waals surface area contributed by atoms with E-state index in [9.17, 15) is 9.90 Å². The number of likely N-dealkylation sites (tertiary alicyclic amines) is 1. The van der Waals surface area contributed by atoms with E-state index in [0.29, 0.717) is 19.6 Å². The normalized spacial score (nSPS) is 19.0. The zero-order valence-corrected chi connectivity index (χ0v) is 9.29. The fourth-order valence-electron chi connectivity index (χ4n) is 1.80. The number of rotatable bonds is 3. The van der Waals surface area contributed by atoms with Crippen molar-refractivity contribution in [2.75, 3.05) is 26.7 Å². The first-order valence-corrected chi connectivity index (χ1v) is 5.25. The van der Waals surface area contributed by atoms with Crippen LogP contribution in [-0.2, 0) is 0 Å². The highest BCUT2D eigenvalue weighted by atomic mass is 16.3. The molecule has 0 saturated carbocycles. The second-order valence-corrected chi connectivity index (χ2v) is 4.13. The predicted octanol–water partition coefficient (Wildman–Crippen LogP) is 0.905. The van der Waals surface area contributed by atoms with E-state index >= 15 is 0 Å². The van der Waals surface area contributed by atoms with Gasteiger partial charge in [-0.05, 0) is 13.3 Å². The van der Waals surface area contributed by atoms with Crippen LogP contribution in [0.1, 0.15) is 26.7 Å². The number of aliphatic hydroxyl groups is 1. The average Bonchev–Trinajstić information content (AvgIpc) is 2.12. The summed E-state index contributed by atoms with van der Waals surface area (Å²) in [6, 6.07) is 0.0216. The average molecular weight is 200 g/mol. The maximum absolute atomic E-state index is 11.6. The maximum Gasteiger partial charge on any atom is 0.319 e. The molecule has 0 aromatic heterocycles. The molecule has 0 aliphatic carbocycles. The highest BCUT2D eigenvalue weighted by Crippen LogP contribution is 2.26. The molecule has 0 atom stereocenters. The van der Waals surface area contributed by atoms with E-state index in [0.717, 1.165) is 12.8 Å². The van der Waals surface area contributed by atoms with Gasteiger partial charge in [0.25, 0.3) is 0 Å². The van der Waals surface area contributed by atoms with Crippen molar-refractivity contribution in [2.24, 2.45) is 0 Å². The Labute approximate surface area is 85.5 Å². The van der Waals surface area contributed by atoms with Gasteiger partial charge in [-0.25, -0.2) is 4.79 Å². The molecule has 2 amide bonds. The van der Waals surface area contributed by atoms with Gasteiger partial charge >= 0.3 is 6.03 Å². The minimum Gasteiger partial charge on any atom is -0.386 e. The Morgan fingerprint density at radius 3 is 2.50 bits per heavy atom. The molecule has 0 spiro atoms. The fourth-order valence-corrected chi connectivity index (χ4v) is 1.80. The Kier molecular flexibility index (Phi) is 3.37. The van der Waals surface area contributed by atoms with E-state index in [2.05, 4.69) is 0 Å². The lowest BCUT2D eigenvalue weighted by atomic mass is 9.90. The van der Waals surface area contributed by atoms with Crippen molar-refractivity contribution in [3.63, 3.8) is 0 Å². The zero-order chi connectivity index (χ0) is 10.8. The second kappa shape index (κ2) is 4.17. The van der Waals surface area contributed by atoms with Crippen LogP contribution in [0.25, 0.3) is 0 Å². The zero-order valence-electron chi connectivity index (χ0n) is 9.29. The number of carbonyl (C=O) groups excluding carboxylic acids is 1. The molecule has 82 valence electrons. The first-order chi connectivity index (χ1) is 6.52. The van der Waals surface area contributed by atoms with Gasteiger partial charge in [0, 0.05) is 13.6 Å². The van der Waals surface area contributed by atoms with Crippen LogP contribution in [0.5, 0.6) is 0 Å². The molecule has 0 bridgehead atoms. The summed E-state index contributed by atoms with van der Waals surface area (Å²) >= 11 is 0. The molecule has 1 N–H and O–H groups in total. The Morgan fingerprint density at radius 1 is 1.50 bits per heavy atom. The number of urea groups is 1. The largest absolute Gasteiger partial charge is 0.386 e. The van der Waals surface area contributed by atoms with Gasteiger partial charge in [0.2, 0.25) is 0 Å². The quantitative estimate of drug-likeness (QED) is 0.735. The molecule has 0 radical (unpaired) electrons. The van der Waals surface area contributed by atoms with E-state index < -0.39 is 5.60 Å². The van der Waals surface area contributed by atoms with Crippen molar-refractivity contribution < 1.29 is 9.90 Å². The summed E-state index contributed by atoms with van der Waals surface area (Å²) in [7, 11) is 1.78. The highest BCUT2D eigenvalue weighted by Gasteiger charge is 2.43. The third-order valence-electron chi connectivity index (χ3n) is 2.76. The van der Waals surface area contributed by atoms with Crippen LogP contribution in [0.3, 0.4) is 0 Å². The van der Waals surface area contributed by atoms with Crippen LogP contribution in [0.15, 0.2) is 0 Å². The third-order valence-corrected chi connectivity index (χ3v) is 2.76. The van der Waals surface area contributed by atoms with E-state index in [4.69, 9.17) is 0 Å². The Hall–Kier alpha value is -0.770. The number of hydrogen-bond donors (Lipinski definition) is 1. The summed E-state index contributed by atoms with van der Waals surface area (Å²) in [4.78, 5) is 14.9. The summed E-state index contributed by atoms with van der Waals surface area (Å²) < 4.78 is 0. The molecule has 1 aliphatic heterocycles. The van der Waals surface area contributed by atoms with Gasteiger partial charge < -0.3 is 14.9 Å². The Morgan fingerprint density at radius 2 is 2.07 bits per heavy atom. The smallest absolute Gasteiger partial charge is 0.319 e. The SMILES string of the molecule is CCCC1(O)CN(C(=O)N(C)CC)C1. The van der Waals surface area contributed by atoms with Crippen molar-refractivity contribution in [1.82, 2.24) is 9.80 Å². The predicted molar refractivity (Wildman–Crippen MR) is 55.1 cm³/mol. The standard InChI is InChI=1S/C10H20N2O2/c1-4-6-10(14)7-12(8-10)9(13)11(3)5-2/h14H,4-8H2,1-3H3. The summed E-state index contributed by atoms with van der Waals surface area (Å²) in [5.74, 6) is 0. The van der Waals surface area contributed by atoms with Crippen LogP contribution < -0.4 is 0 Å². The highest BCUT2D eigenvalue weighted by molar-refractivity contribution is 5.75. The molecule has 4 nitrogen and oxygen atoms in total. The molecule has 1 fully saturated rings. The van der Waals surface area contributed by atoms with Gasteiger partial charge in [-0.1, -0.05) is 13.3 Å². The minimum atomic E-state index is -0.612. The molecule has 4 heteroatoms. The fraction of sp³-hybridized carbons (Fsp3) is 0.900. The van der Waals surface area contributed by atoms with Gasteiger partial charge in [0.05, 0.1) is 18.7 Å². The number of amides is 2. The minimum absolute atomic E-state index is 0.0216. The number of nitrogens with zero attached hydrogens (tertiary/aromatic N) is 2. The van der Waals surface area contributed by atoms with Gasteiger partial charge in [-0.15, -0.1) is 0 Å². The van der Waals surface area contributed by atoms with E-state index in [1.165, 1.54) is 0 Å². The van der Waals surface area contributed by atoms with Crippen molar-refractivity contribution >= 4 is 6.03 Å². The Balaban J connectivity index is 2.37. The third kappa shape index (κ3) is 2.18. The molecule has 1 aliphatic rings. The van der Waals surface area contributed by atoms with Crippen molar-refractivity contribution in [3.8, 4) is 0 Å². The van der Waals surface area contributed by atoms with E-state index in [1.54, 1.807) is 16.8 Å². The molecule has 0 unspecified atom stereocenters. The molecule has 1 rings (SSSR count). The Bertz CT molecular complexity index is 212. The molecule has 14 heavy (non-hydrogen) atoms. The topological polar surface area (TPSA) is 43.8 Å². The number of carbonyl (C=O) groups is 1. The van der Waals surface area contributed by atoms with Crippen LogP contribution >= 0.6 is 0 Å². The van der Waals surface area contributed by atoms with Crippen molar-refractivity contribution in [3.05, 3.63) is 0 Å². The second-order valence-electron chi connectivity index (χ2n) is 4.13. The lowest BCUT2D eigenvalue weighted by Crippen LogP contribution is -2.65. The molecular weight excluding hydrogens is 180 g/mol. The molecule has 1 heterocycles. The monoisotopic (exact) mass is 200 g/mol. The van der Waals surface area contributed by atoms with Crippen molar-refractivity contribution in [1.29, 1.82) is 0 Å². The maximum atomic E-state index is 11.6. The van der Waals surface area contributed by atoms with Crippen LogP contribution in [0, 0.1) is 0 Å². The van der Waals surface area contributed by atoms with Gasteiger partial charge in [0.15, 0.2) is 0 Å². The molecule has 0 aromatic rings. The first kappa shape index (κ1) is 11.3.